The van der Waals surface area contributed by atoms with Crippen molar-refractivity contribution in [2.45, 2.75) is 93.9 Å². The molecule has 2 fully saturated rings. The van der Waals surface area contributed by atoms with Crippen molar-refractivity contribution in [3.8, 4) is 5.75 Å². The fourth-order valence-electron chi connectivity index (χ4n) is 7.68. The van der Waals surface area contributed by atoms with Crippen LogP contribution in [0.5, 0.6) is 5.75 Å². The van der Waals surface area contributed by atoms with Gasteiger partial charge in [0.05, 0.1) is 31.1 Å². The van der Waals surface area contributed by atoms with Crippen LogP contribution in [0.1, 0.15) is 30.2 Å². The summed E-state index contributed by atoms with van der Waals surface area (Å²) in [5.74, 6) is -1.16. The lowest BCUT2D eigenvalue weighted by Crippen LogP contribution is -2.60. The van der Waals surface area contributed by atoms with Gasteiger partial charge in [-0.15, -0.1) is 5.10 Å². The van der Waals surface area contributed by atoms with E-state index in [1.807, 2.05) is 6.92 Å². The number of hydrogen-bond donors (Lipinski definition) is 6. The van der Waals surface area contributed by atoms with E-state index in [9.17, 15) is 35.1 Å². The van der Waals surface area contributed by atoms with Crippen molar-refractivity contribution >= 4 is 31.6 Å². The summed E-state index contributed by atoms with van der Waals surface area (Å²) < 4.78 is 35.2. The minimum absolute atomic E-state index is 0.0544. The highest BCUT2D eigenvalue weighted by Crippen LogP contribution is 2.60. The number of methoxy groups -OCH3 is 1. The summed E-state index contributed by atoms with van der Waals surface area (Å²) in [4.78, 5) is 29.1. The zero-order valence-electron chi connectivity index (χ0n) is 28.7. The average Bonchev–Trinajstić information content (AvgIpc) is 3.74. The van der Waals surface area contributed by atoms with Crippen LogP contribution < -0.4 is 15.0 Å². The molecule has 51 heavy (non-hydrogen) atoms. The Bertz CT molecular complexity index is 1740. The molecule has 9 atom stereocenters. The van der Waals surface area contributed by atoms with Gasteiger partial charge in [0.2, 0.25) is 8.41 Å². The summed E-state index contributed by atoms with van der Waals surface area (Å²) in [5, 5.41) is 59.7. The van der Waals surface area contributed by atoms with Crippen LogP contribution in [0.15, 0.2) is 48.7 Å². The van der Waals surface area contributed by atoms with Crippen molar-refractivity contribution in [3.63, 3.8) is 0 Å². The molecule has 0 bridgehead atoms. The van der Waals surface area contributed by atoms with Crippen LogP contribution in [-0.2, 0) is 44.2 Å². The first kappa shape index (κ1) is 37.0. The number of ether oxygens (including phenoxy) is 3. The molecule has 2 saturated heterocycles. The van der Waals surface area contributed by atoms with E-state index >= 15 is 4.11 Å². The molecule has 15 nitrogen and oxygen atoms in total. The van der Waals surface area contributed by atoms with E-state index in [0.29, 0.717) is 53.3 Å². The maximum absolute atomic E-state index is 16.2. The van der Waals surface area contributed by atoms with Crippen LogP contribution >= 0.6 is 0 Å². The van der Waals surface area contributed by atoms with E-state index in [2.05, 4.69) is 15.6 Å². The van der Waals surface area contributed by atoms with Gasteiger partial charge in [-0.1, -0.05) is 24.3 Å². The van der Waals surface area contributed by atoms with Crippen LogP contribution in [0.2, 0.25) is 18.6 Å². The highest BCUT2D eigenvalue weighted by Gasteiger charge is 2.66. The first-order valence-corrected chi connectivity index (χ1v) is 19.8. The number of halogens is 1. The molecule has 6 rings (SSSR count). The van der Waals surface area contributed by atoms with E-state index in [1.165, 1.54) is 7.11 Å². The van der Waals surface area contributed by atoms with Crippen LogP contribution in [-0.4, -0.2) is 111 Å². The fourth-order valence-corrected chi connectivity index (χ4v) is 10.2. The highest BCUT2D eigenvalue weighted by atomic mass is 28.4. The lowest BCUT2D eigenvalue weighted by atomic mass is 9.82. The smallest absolute Gasteiger partial charge is 0.264 e. The van der Waals surface area contributed by atoms with Crippen LogP contribution in [0, 0.1) is 5.92 Å². The third kappa shape index (κ3) is 6.80. The number of carbonyl (C=O) groups is 2. The Kier molecular flexibility index (Phi) is 10.4. The number of aliphatic hydroxyl groups is 5. The first-order valence-electron chi connectivity index (χ1n) is 16.8. The summed E-state index contributed by atoms with van der Waals surface area (Å²) in [5.41, 5.74) is 0.858. The molecule has 0 saturated carbocycles. The number of aryl methyl sites for hydroxylation is 1. The van der Waals surface area contributed by atoms with Gasteiger partial charge < -0.3 is 54.1 Å². The topological polar surface area (TPSA) is 209 Å². The zero-order chi connectivity index (χ0) is 36.8. The first-order chi connectivity index (χ1) is 24.2. The normalized spacial score (nSPS) is 30.5. The lowest BCUT2D eigenvalue weighted by molar-refractivity contribution is -0.274. The van der Waals surface area contributed by atoms with Crippen molar-refractivity contribution in [1.29, 1.82) is 0 Å². The van der Waals surface area contributed by atoms with Crippen LogP contribution in [0.25, 0.3) is 0 Å². The molecule has 3 aliphatic heterocycles. The summed E-state index contributed by atoms with van der Waals surface area (Å²) in [6.07, 6.45) is -6.92. The van der Waals surface area contributed by atoms with Gasteiger partial charge in [-0.2, -0.15) is 0 Å². The van der Waals surface area contributed by atoms with Gasteiger partial charge in [0, 0.05) is 48.5 Å². The van der Waals surface area contributed by atoms with Gasteiger partial charge in [0.15, 0.2) is 18.0 Å². The molecule has 1 spiro atoms. The highest BCUT2D eigenvalue weighted by molar-refractivity contribution is 6.72. The minimum atomic E-state index is -3.41. The van der Waals surface area contributed by atoms with Crippen molar-refractivity contribution in [2.24, 2.45) is 5.92 Å². The SMILES string of the molecule is COc1ccc2c(c1)[C@]1(O[C@@H](CCn3cc(CCO)nn3)[C@H]([Si](C)(C)F)[C@H]1C)C(=O)N2Cc1ccc(NC(=O)[C@H]2O[C@@H](O)[C@H](O)[C@@H](O)[C@@H]2O)cc1. The Morgan fingerprint density at radius 3 is 2.49 bits per heavy atom. The third-order valence-electron chi connectivity index (χ3n) is 10.2. The van der Waals surface area contributed by atoms with E-state index < -0.39 is 68.2 Å². The Labute approximate surface area is 294 Å². The number of fused-ring (bicyclic) bond motifs is 2. The standard InChI is InChI=1S/C34H44FN5O10Si/c1-18-30(51(3,4)35)25(11-13-39-17-21(12-14-41)37-38-39)50-34(18)23-15-22(48-2)9-10-24(23)40(33(34)47)16-19-5-7-20(8-6-19)36-31(45)29-27(43)26(42)28(44)32(46)49-29/h5-10,15,17-18,25-30,32,41-44,46H,11-14,16H2,1-4H3,(H,36,45)/t18-,25+,26+,27+,28-,29+,30-,32-,34+/m1/s1. The van der Waals surface area contributed by atoms with E-state index in [4.69, 9.17) is 14.2 Å². The van der Waals surface area contributed by atoms with E-state index in [-0.39, 0.29) is 19.1 Å². The van der Waals surface area contributed by atoms with Gasteiger partial charge in [0.1, 0.15) is 24.1 Å². The number of amides is 2. The minimum Gasteiger partial charge on any atom is -0.497 e. The number of aromatic nitrogens is 3. The number of benzene rings is 2. The van der Waals surface area contributed by atoms with Crippen molar-refractivity contribution < 1.29 is 53.4 Å². The van der Waals surface area contributed by atoms with Crippen LogP contribution in [0.4, 0.5) is 15.5 Å². The fraction of sp³-hybridized carbons (Fsp3) is 0.529. The Balaban J connectivity index is 1.24. The van der Waals surface area contributed by atoms with Gasteiger partial charge >= 0.3 is 0 Å². The van der Waals surface area contributed by atoms with Gasteiger partial charge in [-0.25, -0.2) is 0 Å². The molecule has 2 aromatic carbocycles. The van der Waals surface area contributed by atoms with Gasteiger partial charge in [-0.3, -0.25) is 14.3 Å². The molecule has 3 aliphatic rings. The Morgan fingerprint density at radius 2 is 1.82 bits per heavy atom. The van der Waals surface area contributed by atoms with Crippen molar-refractivity contribution in [2.75, 3.05) is 23.9 Å². The molecular weight excluding hydrogens is 685 g/mol. The molecule has 0 unspecified atom stereocenters. The van der Waals surface area contributed by atoms with Crippen molar-refractivity contribution in [3.05, 3.63) is 65.5 Å². The second-order valence-corrected chi connectivity index (χ2v) is 17.7. The molecule has 17 heteroatoms. The Hall–Kier alpha value is -3.81. The zero-order valence-corrected chi connectivity index (χ0v) is 29.7. The maximum Gasteiger partial charge on any atom is 0.264 e. The number of nitrogens with zero attached hydrogens (tertiary/aromatic N) is 4. The molecule has 3 aromatic rings. The van der Waals surface area contributed by atoms with Crippen LogP contribution in [0.3, 0.4) is 0 Å². The number of aliphatic hydroxyl groups excluding tert-OH is 5. The molecule has 1 aromatic heterocycles. The summed E-state index contributed by atoms with van der Waals surface area (Å²) in [7, 11) is -1.88. The molecule has 2 amide bonds. The summed E-state index contributed by atoms with van der Waals surface area (Å²) in [6.45, 7) is 5.61. The number of hydrogen-bond acceptors (Lipinski definition) is 12. The molecule has 6 N–H and O–H groups in total. The number of nitrogens with one attached hydrogen (secondary N) is 1. The van der Waals surface area contributed by atoms with Gasteiger partial charge in [0.25, 0.3) is 11.8 Å². The third-order valence-corrected chi connectivity index (χ3v) is 12.6. The number of carbonyl (C=O) groups excluding carboxylic acids is 2. The summed E-state index contributed by atoms with van der Waals surface area (Å²) in [6, 6.07) is 11.9. The molecule has 4 heterocycles. The second kappa shape index (κ2) is 14.3. The quantitative estimate of drug-likeness (QED) is 0.121. The molecular formula is C34H44FN5O10Si. The predicted octanol–water partition coefficient (Wildman–Crippen LogP) is 0.972. The second-order valence-electron chi connectivity index (χ2n) is 13.9. The number of anilines is 2. The lowest BCUT2D eigenvalue weighted by Gasteiger charge is -2.37. The Morgan fingerprint density at radius 1 is 1.10 bits per heavy atom. The molecule has 276 valence electrons. The van der Waals surface area contributed by atoms with E-state index in [1.54, 1.807) is 71.3 Å². The predicted molar refractivity (Wildman–Crippen MR) is 182 cm³/mol. The van der Waals surface area contributed by atoms with Crippen molar-refractivity contribution in [1.82, 2.24) is 15.0 Å². The van der Waals surface area contributed by atoms with E-state index in [0.717, 1.165) is 0 Å². The monoisotopic (exact) mass is 729 g/mol. The average molecular weight is 730 g/mol. The molecule has 0 aliphatic carbocycles. The molecule has 0 radical (unpaired) electrons. The number of rotatable bonds is 11. The van der Waals surface area contributed by atoms with Gasteiger partial charge in [-0.05, 0) is 55.4 Å². The summed E-state index contributed by atoms with van der Waals surface area (Å²) >= 11 is 0. The maximum atomic E-state index is 16.2. The largest absolute Gasteiger partial charge is 0.497 e.